The lowest BCUT2D eigenvalue weighted by molar-refractivity contribution is 0.102. The lowest BCUT2D eigenvalue weighted by Crippen LogP contribution is -2.13. The van der Waals surface area contributed by atoms with Gasteiger partial charge in [0.1, 0.15) is 11.0 Å². The first-order valence-corrected chi connectivity index (χ1v) is 6.09. The van der Waals surface area contributed by atoms with Crippen LogP contribution in [-0.4, -0.2) is 15.9 Å². The number of hydrogen-bond acceptors (Lipinski definition) is 4. The van der Waals surface area contributed by atoms with E-state index >= 15 is 0 Å². The zero-order valence-corrected chi connectivity index (χ0v) is 11.5. The maximum Gasteiger partial charge on any atom is 0.256 e. The van der Waals surface area contributed by atoms with Gasteiger partial charge in [0.15, 0.2) is 0 Å². The molecule has 0 aliphatic heterocycles. The Kier molecular flexibility index (Phi) is 3.87. The van der Waals surface area contributed by atoms with Crippen molar-refractivity contribution in [3.8, 4) is 0 Å². The number of anilines is 2. The van der Waals surface area contributed by atoms with Crippen LogP contribution >= 0.6 is 23.2 Å². The van der Waals surface area contributed by atoms with Gasteiger partial charge in [-0.05, 0) is 36.2 Å². The normalized spacial score (nSPS) is 10.3. The van der Waals surface area contributed by atoms with Gasteiger partial charge in [0.05, 0.1) is 0 Å². The Morgan fingerprint density at radius 1 is 1.26 bits per heavy atom. The highest BCUT2D eigenvalue weighted by Gasteiger charge is 2.09. The Hall–Kier alpha value is -1.85. The maximum absolute atomic E-state index is 12.0. The highest BCUT2D eigenvalue weighted by Crippen LogP contribution is 2.17. The van der Waals surface area contributed by atoms with Gasteiger partial charge in [0, 0.05) is 17.3 Å². The second kappa shape index (κ2) is 5.42. The topological polar surface area (TPSA) is 80.9 Å². The average Bonchev–Trinajstić information content (AvgIpc) is 2.31. The Morgan fingerprint density at radius 3 is 2.63 bits per heavy atom. The van der Waals surface area contributed by atoms with Gasteiger partial charge in [-0.3, -0.25) is 4.79 Å². The number of aromatic nitrogens is 2. The first kappa shape index (κ1) is 13.6. The second-order valence-corrected chi connectivity index (χ2v) is 4.60. The standard InChI is InChI=1S/C12H10Cl2N4O/c1-6-2-3-7(4-8(6)15)11(19)17-10-5-9(13)16-12(14)18-10/h2-5H,15H2,1H3,(H,16,17,18,19). The van der Waals surface area contributed by atoms with Gasteiger partial charge in [0.2, 0.25) is 5.28 Å². The SMILES string of the molecule is Cc1ccc(C(=O)Nc2cc(Cl)nc(Cl)n2)cc1N. The molecule has 1 amide bonds. The Bertz CT molecular complexity index is 625. The number of halogens is 2. The number of carbonyl (C=O) groups is 1. The summed E-state index contributed by atoms with van der Waals surface area (Å²) in [5.41, 5.74) is 7.63. The van der Waals surface area contributed by atoms with Crippen LogP contribution in [0.15, 0.2) is 24.3 Å². The summed E-state index contributed by atoms with van der Waals surface area (Å²) in [5.74, 6) is -0.119. The van der Waals surface area contributed by atoms with Gasteiger partial charge >= 0.3 is 0 Å². The first-order chi connectivity index (χ1) is 8.95. The fourth-order valence-electron chi connectivity index (χ4n) is 1.42. The van der Waals surface area contributed by atoms with Gasteiger partial charge in [-0.25, -0.2) is 9.97 Å². The Balaban J connectivity index is 2.22. The molecule has 2 aromatic rings. The summed E-state index contributed by atoms with van der Waals surface area (Å²) < 4.78 is 0. The minimum absolute atomic E-state index is 0.0359. The van der Waals surface area contributed by atoms with E-state index in [9.17, 15) is 4.79 Å². The summed E-state index contributed by atoms with van der Waals surface area (Å²) >= 11 is 11.4. The molecule has 0 saturated heterocycles. The summed E-state index contributed by atoms with van der Waals surface area (Å²) in [6, 6.07) is 6.44. The molecule has 0 spiro atoms. The largest absolute Gasteiger partial charge is 0.398 e. The van der Waals surface area contributed by atoms with Crippen molar-refractivity contribution < 1.29 is 4.79 Å². The number of nitrogen functional groups attached to an aromatic ring is 1. The molecule has 2 rings (SSSR count). The fraction of sp³-hybridized carbons (Fsp3) is 0.0833. The molecule has 7 heteroatoms. The van der Waals surface area contributed by atoms with Gasteiger partial charge < -0.3 is 11.1 Å². The zero-order chi connectivity index (χ0) is 14.0. The molecular formula is C12H10Cl2N4O. The predicted octanol–water partition coefficient (Wildman–Crippen LogP) is 2.93. The van der Waals surface area contributed by atoms with Crippen LogP contribution in [0.3, 0.4) is 0 Å². The first-order valence-electron chi connectivity index (χ1n) is 5.33. The number of rotatable bonds is 2. The molecule has 0 aliphatic carbocycles. The van der Waals surface area contributed by atoms with Crippen LogP contribution in [0, 0.1) is 6.92 Å². The quantitative estimate of drug-likeness (QED) is 0.507. The number of nitrogens with two attached hydrogens (primary N) is 1. The number of amides is 1. The molecule has 1 aromatic carbocycles. The van der Waals surface area contributed by atoms with Crippen molar-refractivity contribution in [1.29, 1.82) is 0 Å². The van der Waals surface area contributed by atoms with Crippen LogP contribution in [0.1, 0.15) is 15.9 Å². The van der Waals surface area contributed by atoms with Crippen molar-refractivity contribution in [2.45, 2.75) is 6.92 Å². The smallest absolute Gasteiger partial charge is 0.256 e. The molecule has 5 nitrogen and oxygen atoms in total. The summed E-state index contributed by atoms with van der Waals surface area (Å²) in [6.07, 6.45) is 0. The van der Waals surface area contributed by atoms with E-state index in [2.05, 4.69) is 15.3 Å². The molecular weight excluding hydrogens is 287 g/mol. The molecule has 0 saturated carbocycles. The van der Waals surface area contributed by atoms with Gasteiger partial charge in [-0.2, -0.15) is 0 Å². The van der Waals surface area contributed by atoms with Gasteiger partial charge in [-0.15, -0.1) is 0 Å². The van der Waals surface area contributed by atoms with Crippen molar-refractivity contribution in [1.82, 2.24) is 9.97 Å². The van der Waals surface area contributed by atoms with Crippen LogP contribution in [0.25, 0.3) is 0 Å². The second-order valence-electron chi connectivity index (χ2n) is 3.87. The van der Waals surface area contributed by atoms with E-state index in [0.717, 1.165) is 5.56 Å². The summed E-state index contributed by atoms with van der Waals surface area (Å²) in [7, 11) is 0. The molecule has 0 unspecified atom stereocenters. The van der Waals surface area contributed by atoms with E-state index in [4.69, 9.17) is 28.9 Å². The van der Waals surface area contributed by atoms with Crippen molar-refractivity contribution in [2.75, 3.05) is 11.1 Å². The summed E-state index contributed by atoms with van der Waals surface area (Å²) in [6.45, 7) is 1.86. The van der Waals surface area contributed by atoms with Crippen LogP contribution in [-0.2, 0) is 0 Å². The molecule has 1 aromatic heterocycles. The Labute approximate surface area is 119 Å². The fourth-order valence-corrected chi connectivity index (χ4v) is 1.83. The minimum atomic E-state index is -0.350. The number of carbonyl (C=O) groups excluding carboxylic acids is 1. The van der Waals surface area contributed by atoms with E-state index in [1.807, 2.05) is 6.92 Å². The lowest BCUT2D eigenvalue weighted by Gasteiger charge is -2.07. The molecule has 0 aliphatic rings. The molecule has 0 atom stereocenters. The molecule has 0 radical (unpaired) electrons. The van der Waals surface area contributed by atoms with E-state index in [0.29, 0.717) is 11.3 Å². The van der Waals surface area contributed by atoms with Crippen molar-refractivity contribution >= 4 is 40.6 Å². The van der Waals surface area contributed by atoms with Crippen LogP contribution in [0.4, 0.5) is 11.5 Å². The van der Waals surface area contributed by atoms with E-state index in [1.54, 1.807) is 18.2 Å². The van der Waals surface area contributed by atoms with Crippen molar-refractivity contribution in [2.24, 2.45) is 0 Å². The third-order valence-electron chi connectivity index (χ3n) is 2.45. The van der Waals surface area contributed by atoms with Crippen LogP contribution < -0.4 is 11.1 Å². The third kappa shape index (κ3) is 3.33. The van der Waals surface area contributed by atoms with Gasteiger partial charge in [-0.1, -0.05) is 17.7 Å². The van der Waals surface area contributed by atoms with Crippen LogP contribution in [0.2, 0.25) is 10.4 Å². The highest BCUT2D eigenvalue weighted by atomic mass is 35.5. The monoisotopic (exact) mass is 296 g/mol. The van der Waals surface area contributed by atoms with Crippen molar-refractivity contribution in [3.63, 3.8) is 0 Å². The molecule has 0 bridgehead atoms. The number of hydrogen-bond donors (Lipinski definition) is 2. The van der Waals surface area contributed by atoms with Crippen LogP contribution in [0.5, 0.6) is 0 Å². The third-order valence-corrected chi connectivity index (χ3v) is 2.81. The number of aryl methyl sites for hydroxylation is 1. The Morgan fingerprint density at radius 2 is 2.00 bits per heavy atom. The lowest BCUT2D eigenvalue weighted by atomic mass is 10.1. The molecule has 19 heavy (non-hydrogen) atoms. The van der Waals surface area contributed by atoms with Crippen molar-refractivity contribution in [3.05, 3.63) is 45.8 Å². The van der Waals surface area contributed by atoms with Gasteiger partial charge in [0.25, 0.3) is 5.91 Å². The average molecular weight is 297 g/mol. The molecule has 98 valence electrons. The maximum atomic E-state index is 12.0. The van der Waals surface area contributed by atoms with E-state index in [1.165, 1.54) is 6.07 Å². The summed E-state index contributed by atoms with van der Waals surface area (Å²) in [4.78, 5) is 19.5. The summed E-state index contributed by atoms with van der Waals surface area (Å²) in [5, 5.41) is 2.69. The number of benzene rings is 1. The highest BCUT2D eigenvalue weighted by molar-refractivity contribution is 6.32. The molecule has 1 heterocycles. The number of nitrogens with zero attached hydrogens (tertiary/aromatic N) is 2. The predicted molar refractivity (Wildman–Crippen MR) is 75.6 cm³/mol. The number of nitrogens with one attached hydrogen (secondary N) is 1. The molecule has 3 N–H and O–H groups in total. The molecule has 0 fully saturated rings. The zero-order valence-electron chi connectivity index (χ0n) is 9.95. The van der Waals surface area contributed by atoms with E-state index < -0.39 is 0 Å². The van der Waals surface area contributed by atoms with E-state index in [-0.39, 0.29) is 22.2 Å². The minimum Gasteiger partial charge on any atom is -0.398 e.